The summed E-state index contributed by atoms with van der Waals surface area (Å²) in [5, 5.41) is 4.45. The summed E-state index contributed by atoms with van der Waals surface area (Å²) in [6.07, 6.45) is 0. The van der Waals surface area contributed by atoms with Crippen LogP contribution in [0.4, 0.5) is 11.4 Å². The van der Waals surface area contributed by atoms with E-state index in [0.29, 0.717) is 22.0 Å². The molecule has 0 saturated carbocycles. The Morgan fingerprint density at radius 2 is 1.83 bits per heavy atom. The maximum absolute atomic E-state index is 12.6. The van der Waals surface area contributed by atoms with Crippen molar-refractivity contribution in [1.29, 1.82) is 0 Å². The van der Waals surface area contributed by atoms with Gasteiger partial charge in [0.25, 0.3) is 11.8 Å². The van der Waals surface area contributed by atoms with Gasteiger partial charge < -0.3 is 19.7 Å². The molecular weight excluding hydrogens is 404 g/mol. The summed E-state index contributed by atoms with van der Waals surface area (Å²) in [6, 6.07) is 16.9. The van der Waals surface area contributed by atoms with Crippen LogP contribution in [0.25, 0.3) is 0 Å². The number of ether oxygens (including phenoxy) is 2. The lowest BCUT2D eigenvalue weighted by Crippen LogP contribution is -2.28. The van der Waals surface area contributed by atoms with Gasteiger partial charge in [-0.1, -0.05) is 24.3 Å². The predicted octanol–water partition coefficient (Wildman–Crippen LogP) is 3.83. The molecule has 0 aliphatic heterocycles. The third-order valence-corrected chi connectivity index (χ3v) is 5.07. The molecule has 0 bridgehead atoms. The van der Waals surface area contributed by atoms with Crippen molar-refractivity contribution in [3.05, 3.63) is 76.5 Å². The van der Waals surface area contributed by atoms with Crippen molar-refractivity contribution in [3.8, 4) is 5.75 Å². The van der Waals surface area contributed by atoms with Crippen LogP contribution in [-0.2, 0) is 9.53 Å². The van der Waals surface area contributed by atoms with Gasteiger partial charge in [0.2, 0.25) is 0 Å². The lowest BCUT2D eigenvalue weighted by Gasteiger charge is -2.19. The van der Waals surface area contributed by atoms with Gasteiger partial charge in [-0.3, -0.25) is 9.59 Å². The second-order valence-corrected chi connectivity index (χ2v) is 7.16. The summed E-state index contributed by atoms with van der Waals surface area (Å²) in [5.74, 6) is -0.826. The van der Waals surface area contributed by atoms with E-state index in [1.165, 1.54) is 23.3 Å². The number of anilines is 2. The summed E-state index contributed by atoms with van der Waals surface area (Å²) < 4.78 is 10.3. The van der Waals surface area contributed by atoms with Gasteiger partial charge in [-0.15, -0.1) is 11.3 Å². The average molecular weight is 424 g/mol. The van der Waals surface area contributed by atoms with E-state index in [1.807, 2.05) is 5.38 Å². The molecule has 7 nitrogen and oxygen atoms in total. The zero-order valence-corrected chi connectivity index (χ0v) is 17.3. The highest BCUT2D eigenvalue weighted by Gasteiger charge is 2.21. The van der Waals surface area contributed by atoms with Crippen molar-refractivity contribution in [3.63, 3.8) is 0 Å². The van der Waals surface area contributed by atoms with Gasteiger partial charge >= 0.3 is 5.97 Å². The number of carbonyl (C=O) groups excluding carboxylic acids is 3. The molecule has 0 aliphatic rings. The normalized spacial score (nSPS) is 10.2. The van der Waals surface area contributed by atoms with Crippen LogP contribution in [0.2, 0.25) is 0 Å². The van der Waals surface area contributed by atoms with Crippen molar-refractivity contribution < 1.29 is 23.9 Å². The predicted molar refractivity (Wildman–Crippen MR) is 115 cm³/mol. The molecule has 3 rings (SSSR count). The van der Waals surface area contributed by atoms with Crippen molar-refractivity contribution in [2.75, 3.05) is 31.0 Å². The van der Waals surface area contributed by atoms with Gasteiger partial charge in [0.05, 0.1) is 23.2 Å². The zero-order chi connectivity index (χ0) is 21.5. The van der Waals surface area contributed by atoms with Crippen LogP contribution < -0.4 is 15.0 Å². The number of hydrogen-bond donors (Lipinski definition) is 1. The minimum absolute atomic E-state index is 0.194. The van der Waals surface area contributed by atoms with Crippen molar-refractivity contribution in [1.82, 2.24) is 0 Å². The Bertz CT molecular complexity index is 1050. The van der Waals surface area contributed by atoms with Crippen LogP contribution >= 0.6 is 11.3 Å². The maximum atomic E-state index is 12.6. The first-order chi connectivity index (χ1) is 14.5. The van der Waals surface area contributed by atoms with Crippen LogP contribution in [0.1, 0.15) is 20.0 Å². The van der Waals surface area contributed by atoms with E-state index in [2.05, 4.69) is 5.32 Å². The quantitative estimate of drug-likeness (QED) is 0.583. The number of esters is 1. The number of thiophene rings is 1. The Morgan fingerprint density at radius 1 is 1.03 bits per heavy atom. The van der Waals surface area contributed by atoms with Crippen LogP contribution in [0.5, 0.6) is 5.75 Å². The lowest BCUT2D eigenvalue weighted by atomic mass is 10.1. The topological polar surface area (TPSA) is 84.9 Å². The van der Waals surface area contributed by atoms with E-state index in [9.17, 15) is 14.4 Å². The Labute approximate surface area is 177 Å². The monoisotopic (exact) mass is 424 g/mol. The minimum atomic E-state index is -0.697. The fourth-order valence-corrected chi connectivity index (χ4v) is 3.42. The number of hydrogen-bond acceptors (Lipinski definition) is 6. The largest absolute Gasteiger partial charge is 0.497 e. The molecule has 1 aromatic heterocycles. The third kappa shape index (κ3) is 5.03. The molecule has 0 aliphatic carbocycles. The van der Waals surface area contributed by atoms with E-state index >= 15 is 0 Å². The molecule has 0 fully saturated rings. The first-order valence-electron chi connectivity index (χ1n) is 9.01. The molecule has 0 unspecified atom stereocenters. The first-order valence-corrected chi connectivity index (χ1v) is 9.89. The molecule has 1 N–H and O–H groups in total. The summed E-state index contributed by atoms with van der Waals surface area (Å²) >= 11 is 1.32. The standard InChI is InChI=1S/C22H20N2O5S/c1-24(21(26)19-11-6-12-30-19)18-10-4-3-9-17(18)22(27)29-14-20(25)23-15-7-5-8-16(13-15)28-2/h3-13H,14H2,1-2H3,(H,23,25). The van der Waals surface area contributed by atoms with E-state index < -0.39 is 18.5 Å². The van der Waals surface area contributed by atoms with Gasteiger partial charge in [0.15, 0.2) is 6.61 Å². The molecule has 0 radical (unpaired) electrons. The Morgan fingerprint density at radius 3 is 2.57 bits per heavy atom. The van der Waals surface area contributed by atoms with Crippen molar-refractivity contribution in [2.45, 2.75) is 0 Å². The van der Waals surface area contributed by atoms with Gasteiger partial charge in [0, 0.05) is 18.8 Å². The van der Waals surface area contributed by atoms with E-state index in [0.717, 1.165) is 0 Å². The summed E-state index contributed by atoms with van der Waals surface area (Å²) in [5.41, 5.74) is 1.12. The van der Waals surface area contributed by atoms with Crippen LogP contribution in [-0.4, -0.2) is 38.5 Å². The zero-order valence-electron chi connectivity index (χ0n) is 16.5. The molecule has 0 spiro atoms. The molecule has 0 saturated heterocycles. The molecule has 3 aromatic rings. The van der Waals surface area contributed by atoms with Gasteiger partial charge in [-0.2, -0.15) is 0 Å². The van der Waals surface area contributed by atoms with E-state index in [4.69, 9.17) is 9.47 Å². The number of amides is 2. The second kappa shape index (κ2) is 9.71. The van der Waals surface area contributed by atoms with Crippen LogP contribution in [0, 0.1) is 0 Å². The Balaban J connectivity index is 1.65. The first kappa shape index (κ1) is 21.1. The Hall–Kier alpha value is -3.65. The molecule has 1 heterocycles. The number of carbonyl (C=O) groups is 3. The maximum Gasteiger partial charge on any atom is 0.340 e. The third-order valence-electron chi connectivity index (χ3n) is 4.21. The van der Waals surface area contributed by atoms with Crippen LogP contribution in [0.15, 0.2) is 66.0 Å². The highest BCUT2D eigenvalue weighted by molar-refractivity contribution is 7.12. The Kier molecular flexibility index (Phi) is 6.82. The van der Waals surface area contributed by atoms with E-state index in [-0.39, 0.29) is 11.5 Å². The van der Waals surface area contributed by atoms with Crippen LogP contribution in [0.3, 0.4) is 0 Å². The number of benzene rings is 2. The number of nitrogens with one attached hydrogen (secondary N) is 1. The van der Waals surface area contributed by atoms with Gasteiger partial charge in [0.1, 0.15) is 5.75 Å². The summed E-state index contributed by atoms with van der Waals surface area (Å²) in [4.78, 5) is 39.3. The van der Waals surface area contributed by atoms with Gasteiger partial charge in [-0.05, 0) is 35.7 Å². The fourth-order valence-electron chi connectivity index (χ4n) is 2.72. The fraction of sp³-hybridized carbons (Fsp3) is 0.136. The lowest BCUT2D eigenvalue weighted by molar-refractivity contribution is -0.119. The number of nitrogens with zero attached hydrogens (tertiary/aromatic N) is 1. The second-order valence-electron chi connectivity index (χ2n) is 6.21. The molecule has 2 amide bonds. The average Bonchev–Trinajstić information content (AvgIpc) is 3.31. The molecule has 0 atom stereocenters. The number of rotatable bonds is 7. The SMILES string of the molecule is COc1cccc(NC(=O)COC(=O)c2ccccc2N(C)C(=O)c2cccs2)c1. The molecule has 2 aromatic carbocycles. The van der Waals surface area contributed by atoms with Crippen molar-refractivity contribution in [2.24, 2.45) is 0 Å². The molecular formula is C22H20N2O5S. The highest BCUT2D eigenvalue weighted by Crippen LogP contribution is 2.23. The molecule has 30 heavy (non-hydrogen) atoms. The number of methoxy groups -OCH3 is 1. The van der Waals surface area contributed by atoms with E-state index in [1.54, 1.807) is 67.7 Å². The minimum Gasteiger partial charge on any atom is -0.497 e. The smallest absolute Gasteiger partial charge is 0.340 e. The highest BCUT2D eigenvalue weighted by atomic mass is 32.1. The molecule has 8 heteroatoms. The number of para-hydroxylation sites is 1. The van der Waals surface area contributed by atoms with Gasteiger partial charge in [-0.25, -0.2) is 4.79 Å². The summed E-state index contributed by atoms with van der Waals surface area (Å²) in [7, 11) is 3.12. The van der Waals surface area contributed by atoms with Crippen molar-refractivity contribution >= 4 is 40.5 Å². The summed E-state index contributed by atoms with van der Waals surface area (Å²) in [6.45, 7) is -0.465. The molecule has 154 valence electrons.